The monoisotopic (exact) mass is 372 g/mol. The summed E-state index contributed by atoms with van der Waals surface area (Å²) >= 11 is 0. The Kier molecular flexibility index (Phi) is 5.96. The molecule has 0 saturated heterocycles. The molecule has 1 aliphatic rings. The highest BCUT2D eigenvalue weighted by Gasteiger charge is 2.35. The molecule has 2 rings (SSSR count). The first-order valence-electron chi connectivity index (χ1n) is 7.64. The summed E-state index contributed by atoms with van der Waals surface area (Å²) in [6, 6.07) is 1.95. The number of esters is 1. The van der Waals surface area contributed by atoms with Crippen molar-refractivity contribution in [3.63, 3.8) is 0 Å². The Labute approximate surface area is 146 Å². The zero-order valence-corrected chi connectivity index (χ0v) is 13.4. The molecule has 1 N–H and O–H groups in total. The van der Waals surface area contributed by atoms with E-state index in [1.165, 1.54) is 0 Å². The van der Waals surface area contributed by atoms with Gasteiger partial charge in [0.25, 0.3) is 11.6 Å². The van der Waals surface area contributed by atoms with Crippen LogP contribution in [-0.2, 0) is 20.5 Å². The van der Waals surface area contributed by atoms with Crippen LogP contribution >= 0.6 is 0 Å². The molecule has 0 unspecified atom stereocenters. The van der Waals surface area contributed by atoms with Crippen molar-refractivity contribution in [1.29, 1.82) is 0 Å². The van der Waals surface area contributed by atoms with E-state index >= 15 is 0 Å². The minimum absolute atomic E-state index is 0.0389. The molecule has 140 valence electrons. The van der Waals surface area contributed by atoms with Crippen molar-refractivity contribution in [2.24, 2.45) is 5.92 Å². The van der Waals surface area contributed by atoms with Gasteiger partial charge in [0, 0.05) is 12.1 Å². The third kappa shape index (κ3) is 5.30. The number of anilines is 1. The van der Waals surface area contributed by atoms with Crippen molar-refractivity contribution in [3.05, 3.63) is 46.0 Å². The summed E-state index contributed by atoms with van der Waals surface area (Å²) in [6.45, 7) is -0.746. The van der Waals surface area contributed by atoms with Gasteiger partial charge in [-0.25, -0.2) is 0 Å². The second kappa shape index (κ2) is 7.98. The fourth-order valence-corrected chi connectivity index (χ4v) is 2.46. The Morgan fingerprint density at radius 3 is 2.65 bits per heavy atom. The summed E-state index contributed by atoms with van der Waals surface area (Å²) in [7, 11) is 0. The Bertz CT molecular complexity index is 746. The Balaban J connectivity index is 1.98. The lowest BCUT2D eigenvalue weighted by atomic mass is 10.1. The van der Waals surface area contributed by atoms with Gasteiger partial charge in [-0.2, -0.15) is 13.2 Å². The second-order valence-electron chi connectivity index (χ2n) is 5.66. The van der Waals surface area contributed by atoms with Crippen LogP contribution < -0.4 is 5.32 Å². The predicted molar refractivity (Wildman–Crippen MR) is 84.2 cm³/mol. The maximum absolute atomic E-state index is 13.0. The van der Waals surface area contributed by atoms with E-state index in [1.807, 2.05) is 17.5 Å². The molecule has 0 radical (unpaired) electrons. The first-order valence-corrected chi connectivity index (χ1v) is 7.64. The molecule has 1 atom stereocenters. The average molecular weight is 372 g/mol. The molecule has 1 amide bonds. The van der Waals surface area contributed by atoms with Gasteiger partial charge >= 0.3 is 12.1 Å². The van der Waals surface area contributed by atoms with Gasteiger partial charge in [0.15, 0.2) is 6.61 Å². The number of rotatable bonds is 6. The lowest BCUT2D eigenvalue weighted by molar-refractivity contribution is -0.385. The van der Waals surface area contributed by atoms with E-state index in [2.05, 4.69) is 0 Å². The van der Waals surface area contributed by atoms with Gasteiger partial charge in [-0.05, 0) is 24.8 Å². The minimum atomic E-state index is -4.90. The molecular weight excluding hydrogens is 357 g/mol. The number of alkyl halides is 3. The van der Waals surface area contributed by atoms with Crippen LogP contribution in [-0.4, -0.2) is 23.4 Å². The van der Waals surface area contributed by atoms with E-state index in [0.29, 0.717) is 6.07 Å². The van der Waals surface area contributed by atoms with E-state index in [1.54, 1.807) is 0 Å². The zero-order chi connectivity index (χ0) is 19.3. The highest BCUT2D eigenvalue weighted by atomic mass is 19.4. The van der Waals surface area contributed by atoms with E-state index in [-0.39, 0.29) is 12.3 Å². The van der Waals surface area contributed by atoms with Crippen molar-refractivity contribution in [2.75, 3.05) is 11.9 Å². The van der Waals surface area contributed by atoms with E-state index in [0.717, 1.165) is 25.0 Å². The quantitative estimate of drug-likeness (QED) is 0.357. The Morgan fingerprint density at radius 2 is 2.08 bits per heavy atom. The Morgan fingerprint density at radius 1 is 1.35 bits per heavy atom. The first-order chi connectivity index (χ1) is 12.2. The van der Waals surface area contributed by atoms with Crippen molar-refractivity contribution in [3.8, 4) is 0 Å². The third-order valence-electron chi connectivity index (χ3n) is 3.70. The summed E-state index contributed by atoms with van der Waals surface area (Å²) in [4.78, 5) is 33.0. The predicted octanol–water partition coefficient (Wildman–Crippen LogP) is 3.45. The summed E-state index contributed by atoms with van der Waals surface area (Å²) < 4.78 is 43.8. The number of benzene rings is 1. The van der Waals surface area contributed by atoms with Crippen LogP contribution in [0.1, 0.15) is 24.8 Å². The molecule has 26 heavy (non-hydrogen) atoms. The van der Waals surface area contributed by atoms with Crippen molar-refractivity contribution >= 4 is 23.3 Å². The number of halogens is 3. The number of hydrogen-bond donors (Lipinski definition) is 1. The smallest absolute Gasteiger partial charge is 0.418 e. The lowest BCUT2D eigenvalue weighted by Gasteiger charge is -2.14. The molecule has 0 bridgehead atoms. The van der Waals surface area contributed by atoms with Crippen LogP contribution in [0.3, 0.4) is 0 Å². The molecule has 1 aromatic rings. The molecule has 0 fully saturated rings. The van der Waals surface area contributed by atoms with E-state index in [4.69, 9.17) is 4.74 Å². The minimum Gasteiger partial charge on any atom is -0.456 e. The fraction of sp³-hybridized carbons (Fsp3) is 0.375. The molecule has 7 nitrogen and oxygen atoms in total. The van der Waals surface area contributed by atoms with Gasteiger partial charge in [-0.15, -0.1) is 0 Å². The highest BCUT2D eigenvalue weighted by Crippen LogP contribution is 2.37. The second-order valence-corrected chi connectivity index (χ2v) is 5.66. The van der Waals surface area contributed by atoms with Crippen LogP contribution in [0.15, 0.2) is 30.4 Å². The van der Waals surface area contributed by atoms with Gasteiger partial charge in [0.2, 0.25) is 0 Å². The van der Waals surface area contributed by atoms with Gasteiger partial charge in [-0.3, -0.25) is 19.7 Å². The summed E-state index contributed by atoms with van der Waals surface area (Å²) in [5, 5.41) is 12.6. The number of nitro groups is 1. The molecule has 0 spiro atoms. The molecule has 1 aliphatic carbocycles. The van der Waals surface area contributed by atoms with Crippen LogP contribution in [0, 0.1) is 16.0 Å². The van der Waals surface area contributed by atoms with Gasteiger partial charge < -0.3 is 10.1 Å². The molecule has 0 heterocycles. The number of nitrogens with zero attached hydrogens (tertiary/aromatic N) is 1. The maximum Gasteiger partial charge on any atom is 0.418 e. The van der Waals surface area contributed by atoms with Gasteiger partial charge in [0.1, 0.15) is 0 Å². The SMILES string of the molecule is O=C(COC(=O)C[C@@H]1C=CCC1)Nc1ccc([N+](=O)[O-])cc1C(F)(F)F. The largest absolute Gasteiger partial charge is 0.456 e. The number of non-ortho nitro benzene ring substituents is 1. The lowest BCUT2D eigenvalue weighted by Crippen LogP contribution is -2.23. The fourth-order valence-electron chi connectivity index (χ4n) is 2.46. The average Bonchev–Trinajstić information content (AvgIpc) is 3.05. The maximum atomic E-state index is 13.0. The summed E-state index contributed by atoms with van der Waals surface area (Å²) in [6.07, 6.45) is 0.652. The Hall–Kier alpha value is -2.91. The molecule has 0 aliphatic heterocycles. The van der Waals surface area contributed by atoms with Crippen LogP contribution in [0.4, 0.5) is 24.5 Å². The standard InChI is InChI=1S/C16H15F3N2O5/c17-16(18,19)12-8-11(21(24)25)5-6-13(12)20-14(22)9-26-15(23)7-10-3-1-2-4-10/h1,3,5-6,8,10H,2,4,7,9H2,(H,20,22)/t10-/m1/s1. The normalized spacial score (nSPS) is 16.3. The number of nitrogens with one attached hydrogen (secondary N) is 1. The van der Waals surface area contributed by atoms with Gasteiger partial charge in [0.05, 0.1) is 22.6 Å². The van der Waals surface area contributed by atoms with Crippen LogP contribution in [0.2, 0.25) is 0 Å². The number of hydrogen-bond acceptors (Lipinski definition) is 5. The van der Waals surface area contributed by atoms with E-state index in [9.17, 15) is 32.9 Å². The van der Waals surface area contributed by atoms with Gasteiger partial charge in [-0.1, -0.05) is 12.2 Å². The zero-order valence-electron chi connectivity index (χ0n) is 13.4. The number of amides is 1. The van der Waals surface area contributed by atoms with Crippen molar-refractivity contribution < 1.29 is 32.4 Å². The summed E-state index contributed by atoms with van der Waals surface area (Å²) in [5.74, 6) is -1.56. The van der Waals surface area contributed by atoms with E-state index < -0.39 is 46.5 Å². The molecule has 0 aromatic heterocycles. The van der Waals surface area contributed by atoms with Crippen LogP contribution in [0.5, 0.6) is 0 Å². The molecule has 1 aromatic carbocycles. The number of carbonyl (C=O) groups excluding carboxylic acids is 2. The van der Waals surface area contributed by atoms with Crippen molar-refractivity contribution in [1.82, 2.24) is 0 Å². The molecule has 0 saturated carbocycles. The number of nitro benzene ring substituents is 1. The first kappa shape index (κ1) is 19.4. The van der Waals surface area contributed by atoms with Crippen LogP contribution in [0.25, 0.3) is 0 Å². The van der Waals surface area contributed by atoms with Crippen molar-refractivity contribution in [2.45, 2.75) is 25.4 Å². The molecular formula is C16H15F3N2O5. The molecule has 10 heteroatoms. The number of carbonyl (C=O) groups is 2. The summed E-state index contributed by atoms with van der Waals surface area (Å²) in [5.41, 5.74) is -2.77. The number of ether oxygens (including phenoxy) is 1. The third-order valence-corrected chi connectivity index (χ3v) is 3.70. The number of allylic oxidation sites excluding steroid dienone is 2. The topological polar surface area (TPSA) is 98.5 Å². The highest BCUT2D eigenvalue weighted by molar-refractivity contribution is 5.93.